The zero-order valence-electron chi connectivity index (χ0n) is 14.3. The molecule has 0 saturated carbocycles. The summed E-state index contributed by atoms with van der Waals surface area (Å²) in [4.78, 5) is 29.0. The standard InChI is InChI=1S/C16H24N6O2/c1-12(2)5-8-22-14-4-3-13(16(22)24)9-20(10-14)15(23)6-7-21-11-17-18-19-21/h5,11,13-14H,3-4,6-10H2,1-2H3/t13-,14+/m1/s1. The van der Waals surface area contributed by atoms with Crippen LogP contribution in [0.2, 0.25) is 0 Å². The van der Waals surface area contributed by atoms with Gasteiger partial charge >= 0.3 is 0 Å². The number of piperidine rings is 1. The Morgan fingerprint density at radius 3 is 2.88 bits per heavy atom. The smallest absolute Gasteiger partial charge is 0.228 e. The van der Waals surface area contributed by atoms with Crippen molar-refractivity contribution in [3.8, 4) is 0 Å². The number of amides is 2. The van der Waals surface area contributed by atoms with Gasteiger partial charge in [-0.05, 0) is 37.1 Å². The van der Waals surface area contributed by atoms with Crippen LogP contribution in [0.4, 0.5) is 0 Å². The summed E-state index contributed by atoms with van der Waals surface area (Å²) in [7, 11) is 0. The molecule has 4 heterocycles. The zero-order chi connectivity index (χ0) is 17.1. The zero-order valence-corrected chi connectivity index (χ0v) is 14.3. The van der Waals surface area contributed by atoms with Crippen LogP contribution >= 0.6 is 0 Å². The van der Waals surface area contributed by atoms with Crippen molar-refractivity contribution in [1.82, 2.24) is 30.0 Å². The Hall–Kier alpha value is -2.25. The number of hydrogen-bond acceptors (Lipinski definition) is 5. The molecule has 2 bridgehead atoms. The average molecular weight is 332 g/mol. The van der Waals surface area contributed by atoms with E-state index in [-0.39, 0.29) is 23.8 Å². The summed E-state index contributed by atoms with van der Waals surface area (Å²) in [6, 6.07) is 0.129. The first-order valence-electron chi connectivity index (χ1n) is 8.47. The monoisotopic (exact) mass is 332 g/mol. The number of allylic oxidation sites excluding steroid dienone is 1. The van der Waals surface area contributed by atoms with Crippen LogP contribution < -0.4 is 0 Å². The Labute approximate surface area is 141 Å². The molecule has 3 saturated heterocycles. The van der Waals surface area contributed by atoms with Crippen molar-refractivity contribution >= 4 is 11.8 Å². The lowest BCUT2D eigenvalue weighted by Gasteiger charge is -2.35. The Morgan fingerprint density at radius 2 is 2.17 bits per heavy atom. The third kappa shape index (κ3) is 3.63. The number of rotatable bonds is 5. The Morgan fingerprint density at radius 1 is 1.33 bits per heavy atom. The first kappa shape index (κ1) is 16.6. The minimum Gasteiger partial charge on any atom is -0.340 e. The number of fused-ring (bicyclic) bond motifs is 4. The highest BCUT2D eigenvalue weighted by Gasteiger charge is 2.41. The van der Waals surface area contributed by atoms with E-state index in [0.29, 0.717) is 32.6 Å². The largest absolute Gasteiger partial charge is 0.340 e. The maximum atomic E-state index is 12.7. The molecule has 3 aliphatic heterocycles. The highest BCUT2D eigenvalue weighted by Crippen LogP contribution is 2.29. The fourth-order valence-electron chi connectivity index (χ4n) is 3.42. The molecule has 1 aromatic rings. The quantitative estimate of drug-likeness (QED) is 0.732. The van der Waals surface area contributed by atoms with Gasteiger partial charge < -0.3 is 9.80 Å². The molecule has 130 valence electrons. The lowest BCUT2D eigenvalue weighted by molar-refractivity contribution is -0.139. The molecule has 4 rings (SSSR count). The number of aromatic nitrogens is 4. The lowest BCUT2D eigenvalue weighted by atomic mass is 9.94. The molecule has 1 aromatic heterocycles. The van der Waals surface area contributed by atoms with Crippen molar-refractivity contribution in [3.05, 3.63) is 18.0 Å². The van der Waals surface area contributed by atoms with Gasteiger partial charge in [0.15, 0.2) is 0 Å². The van der Waals surface area contributed by atoms with E-state index >= 15 is 0 Å². The van der Waals surface area contributed by atoms with Crippen LogP contribution in [0.5, 0.6) is 0 Å². The number of nitrogens with zero attached hydrogens (tertiary/aromatic N) is 6. The van der Waals surface area contributed by atoms with Crippen LogP contribution in [-0.2, 0) is 16.1 Å². The van der Waals surface area contributed by atoms with E-state index in [2.05, 4.69) is 21.6 Å². The van der Waals surface area contributed by atoms with Crippen LogP contribution in [0.1, 0.15) is 33.1 Å². The molecule has 0 unspecified atom stereocenters. The number of aryl methyl sites for hydroxylation is 1. The first-order chi connectivity index (χ1) is 11.5. The van der Waals surface area contributed by atoms with E-state index < -0.39 is 0 Å². The van der Waals surface area contributed by atoms with Crippen LogP contribution in [0, 0.1) is 5.92 Å². The number of carbonyl (C=O) groups is 2. The van der Waals surface area contributed by atoms with Gasteiger partial charge in [-0.3, -0.25) is 9.59 Å². The van der Waals surface area contributed by atoms with Crippen molar-refractivity contribution in [1.29, 1.82) is 0 Å². The van der Waals surface area contributed by atoms with Gasteiger partial charge in [0.25, 0.3) is 0 Å². The molecular formula is C16H24N6O2. The van der Waals surface area contributed by atoms with E-state index in [0.717, 1.165) is 12.8 Å². The molecule has 0 spiro atoms. The van der Waals surface area contributed by atoms with Crippen molar-refractivity contribution in [3.63, 3.8) is 0 Å². The molecule has 0 N–H and O–H groups in total. The molecule has 3 aliphatic rings. The van der Waals surface area contributed by atoms with E-state index in [4.69, 9.17) is 0 Å². The molecular weight excluding hydrogens is 308 g/mol. The molecule has 2 atom stereocenters. The van der Waals surface area contributed by atoms with Gasteiger partial charge in [-0.25, -0.2) is 4.68 Å². The number of hydrogen-bond donors (Lipinski definition) is 0. The van der Waals surface area contributed by atoms with E-state index in [1.165, 1.54) is 11.9 Å². The molecule has 8 heteroatoms. The second kappa shape index (κ2) is 7.11. The van der Waals surface area contributed by atoms with Gasteiger partial charge in [0.1, 0.15) is 6.33 Å². The summed E-state index contributed by atoms with van der Waals surface area (Å²) in [5.74, 6) is 0.199. The summed E-state index contributed by atoms with van der Waals surface area (Å²) < 4.78 is 1.55. The minimum absolute atomic E-state index is 0.0636. The van der Waals surface area contributed by atoms with Crippen molar-refractivity contribution in [2.45, 2.75) is 45.7 Å². The minimum atomic E-state index is -0.0636. The van der Waals surface area contributed by atoms with Gasteiger partial charge in [-0.2, -0.15) is 0 Å². The van der Waals surface area contributed by atoms with Gasteiger partial charge in [-0.15, -0.1) is 5.10 Å². The highest BCUT2D eigenvalue weighted by molar-refractivity contribution is 5.83. The summed E-state index contributed by atoms with van der Waals surface area (Å²) in [6.45, 7) is 6.36. The van der Waals surface area contributed by atoms with Crippen LogP contribution in [0.25, 0.3) is 0 Å². The Kier molecular flexibility index (Phi) is 4.92. The normalized spacial score (nSPS) is 23.3. The summed E-state index contributed by atoms with van der Waals surface area (Å²) in [5.41, 5.74) is 1.21. The maximum absolute atomic E-state index is 12.7. The Balaban J connectivity index is 1.64. The van der Waals surface area contributed by atoms with Gasteiger partial charge in [0.05, 0.1) is 12.5 Å². The fraction of sp³-hybridized carbons (Fsp3) is 0.688. The van der Waals surface area contributed by atoms with E-state index in [1.54, 1.807) is 4.68 Å². The second-order valence-corrected chi connectivity index (χ2v) is 6.82. The summed E-state index contributed by atoms with van der Waals surface area (Å²) in [6.07, 6.45) is 5.80. The first-order valence-corrected chi connectivity index (χ1v) is 8.47. The fourth-order valence-corrected chi connectivity index (χ4v) is 3.42. The molecule has 3 fully saturated rings. The Bertz CT molecular complexity index is 623. The van der Waals surface area contributed by atoms with Gasteiger partial charge in [0.2, 0.25) is 11.8 Å². The summed E-state index contributed by atoms with van der Waals surface area (Å²) >= 11 is 0. The van der Waals surface area contributed by atoms with Gasteiger partial charge in [-0.1, -0.05) is 11.6 Å². The van der Waals surface area contributed by atoms with Crippen molar-refractivity contribution < 1.29 is 9.59 Å². The molecule has 0 radical (unpaired) electrons. The second-order valence-electron chi connectivity index (χ2n) is 6.82. The van der Waals surface area contributed by atoms with Crippen LogP contribution in [-0.4, -0.2) is 67.5 Å². The number of tetrazole rings is 1. The average Bonchev–Trinajstić information content (AvgIpc) is 2.92. The van der Waals surface area contributed by atoms with E-state index in [1.807, 2.05) is 23.6 Å². The molecule has 8 nitrogen and oxygen atoms in total. The number of carbonyl (C=O) groups excluding carboxylic acids is 2. The summed E-state index contributed by atoms with van der Waals surface area (Å²) in [5, 5.41) is 10.9. The third-order valence-electron chi connectivity index (χ3n) is 4.79. The van der Waals surface area contributed by atoms with E-state index in [9.17, 15) is 9.59 Å². The molecule has 24 heavy (non-hydrogen) atoms. The molecule has 2 amide bonds. The van der Waals surface area contributed by atoms with Crippen molar-refractivity contribution in [2.24, 2.45) is 5.92 Å². The molecule has 0 aliphatic carbocycles. The maximum Gasteiger partial charge on any atom is 0.228 e. The highest BCUT2D eigenvalue weighted by atomic mass is 16.2. The topological polar surface area (TPSA) is 84.2 Å². The third-order valence-corrected chi connectivity index (χ3v) is 4.79. The lowest BCUT2D eigenvalue weighted by Crippen LogP contribution is -2.48. The van der Waals surface area contributed by atoms with Gasteiger partial charge in [0, 0.05) is 32.1 Å². The SMILES string of the molecule is CC(C)=CCN1C(=O)[C@@H]2CC[C@H]1CN(C(=O)CCn1cnnn1)C2. The molecule has 0 aromatic carbocycles. The predicted molar refractivity (Wildman–Crippen MR) is 86.7 cm³/mol. The van der Waals surface area contributed by atoms with Crippen molar-refractivity contribution in [2.75, 3.05) is 19.6 Å². The van der Waals surface area contributed by atoms with Crippen LogP contribution in [0.3, 0.4) is 0 Å². The van der Waals surface area contributed by atoms with Crippen LogP contribution in [0.15, 0.2) is 18.0 Å². The predicted octanol–water partition coefficient (Wildman–Crippen LogP) is 0.479.